The van der Waals surface area contributed by atoms with Crippen molar-refractivity contribution in [3.8, 4) is 11.5 Å². The number of ether oxygens (including phenoxy) is 2. The molecule has 2 heterocycles. The highest BCUT2D eigenvalue weighted by atomic mass is 32.2. The van der Waals surface area contributed by atoms with Crippen LogP contribution in [0.1, 0.15) is 58.1 Å². The average molecular weight is 538 g/mol. The van der Waals surface area contributed by atoms with E-state index in [2.05, 4.69) is 44.0 Å². The van der Waals surface area contributed by atoms with Gasteiger partial charge in [0.2, 0.25) is 5.91 Å². The van der Waals surface area contributed by atoms with E-state index in [1.807, 2.05) is 13.0 Å². The van der Waals surface area contributed by atoms with Gasteiger partial charge in [-0.25, -0.2) is 0 Å². The molecule has 0 bridgehead atoms. The first kappa shape index (κ1) is 27.6. The van der Waals surface area contributed by atoms with Crippen molar-refractivity contribution in [2.24, 2.45) is 0 Å². The number of nitrogens with one attached hydrogen (secondary N) is 1. The van der Waals surface area contributed by atoms with Gasteiger partial charge in [0.15, 0.2) is 0 Å². The number of anilines is 2. The van der Waals surface area contributed by atoms with E-state index in [-0.39, 0.29) is 17.0 Å². The van der Waals surface area contributed by atoms with Gasteiger partial charge in [-0.2, -0.15) is 0 Å². The van der Waals surface area contributed by atoms with Crippen LogP contribution in [0.3, 0.4) is 0 Å². The first-order valence-electron chi connectivity index (χ1n) is 12.9. The number of nitrogens with zero attached hydrogens (tertiary/aromatic N) is 2. The second kappa shape index (κ2) is 11.1. The van der Waals surface area contributed by atoms with Crippen LogP contribution in [0, 0.1) is 0 Å². The molecule has 4 rings (SSSR count). The van der Waals surface area contributed by atoms with Gasteiger partial charge in [-0.1, -0.05) is 6.92 Å². The van der Waals surface area contributed by atoms with E-state index in [4.69, 9.17) is 9.47 Å². The zero-order chi connectivity index (χ0) is 27.6. The van der Waals surface area contributed by atoms with Crippen molar-refractivity contribution in [2.75, 3.05) is 37.0 Å². The molecule has 38 heavy (non-hydrogen) atoms. The summed E-state index contributed by atoms with van der Waals surface area (Å²) in [5, 5.41) is 2.24. The summed E-state index contributed by atoms with van der Waals surface area (Å²) in [6, 6.07) is 11.0. The fourth-order valence-electron chi connectivity index (χ4n) is 5.34. The van der Waals surface area contributed by atoms with Crippen LogP contribution in [0.4, 0.5) is 16.2 Å². The van der Waals surface area contributed by atoms with Gasteiger partial charge in [-0.15, -0.1) is 0 Å². The SMILES string of the molecule is CCOc1ccc(NC(=O)CN2C(=O)S/C(=C/c3cc4c(cc3OC)N(CC)C(C)(C)CC4C)C2=O)cc1. The molecule has 1 saturated heterocycles. The zero-order valence-corrected chi connectivity index (χ0v) is 23.6. The lowest BCUT2D eigenvalue weighted by atomic mass is 9.79. The number of imide groups is 1. The first-order chi connectivity index (χ1) is 18.1. The van der Waals surface area contributed by atoms with Crippen molar-refractivity contribution in [1.29, 1.82) is 0 Å². The Morgan fingerprint density at radius 2 is 1.89 bits per heavy atom. The van der Waals surface area contributed by atoms with Gasteiger partial charge in [0.05, 0.1) is 18.6 Å². The summed E-state index contributed by atoms with van der Waals surface area (Å²) in [4.78, 5) is 42.0. The predicted octanol–water partition coefficient (Wildman–Crippen LogP) is 5.88. The monoisotopic (exact) mass is 537 g/mol. The molecule has 9 heteroatoms. The minimum Gasteiger partial charge on any atom is -0.496 e. The molecular formula is C29H35N3O5S. The number of carbonyl (C=O) groups is 3. The molecule has 3 amide bonds. The highest BCUT2D eigenvalue weighted by Gasteiger charge is 2.38. The Bertz CT molecular complexity index is 1270. The number of hydrogen-bond donors (Lipinski definition) is 1. The van der Waals surface area contributed by atoms with Gasteiger partial charge >= 0.3 is 0 Å². The molecular weight excluding hydrogens is 502 g/mol. The van der Waals surface area contributed by atoms with E-state index in [1.54, 1.807) is 37.5 Å². The maximum absolute atomic E-state index is 13.1. The van der Waals surface area contributed by atoms with E-state index in [9.17, 15) is 14.4 Å². The van der Waals surface area contributed by atoms with Crippen molar-refractivity contribution >= 4 is 46.3 Å². The van der Waals surface area contributed by atoms with Crippen molar-refractivity contribution < 1.29 is 23.9 Å². The summed E-state index contributed by atoms with van der Waals surface area (Å²) in [6.45, 7) is 11.8. The number of carbonyl (C=O) groups excluding carboxylic acids is 3. The highest BCUT2D eigenvalue weighted by molar-refractivity contribution is 8.18. The lowest BCUT2D eigenvalue weighted by molar-refractivity contribution is -0.127. The van der Waals surface area contributed by atoms with E-state index >= 15 is 0 Å². The average Bonchev–Trinajstić information content (AvgIpc) is 3.12. The molecule has 1 atom stereocenters. The van der Waals surface area contributed by atoms with E-state index < -0.39 is 17.1 Å². The third kappa shape index (κ3) is 5.53. The fraction of sp³-hybridized carbons (Fsp3) is 0.414. The minimum atomic E-state index is -0.494. The third-order valence-corrected chi connectivity index (χ3v) is 7.87. The number of benzene rings is 2. The Hall–Kier alpha value is -3.46. The molecule has 1 N–H and O–H groups in total. The van der Waals surface area contributed by atoms with Crippen LogP contribution in [0.25, 0.3) is 6.08 Å². The molecule has 1 fully saturated rings. The van der Waals surface area contributed by atoms with Crippen molar-refractivity contribution in [3.05, 3.63) is 52.4 Å². The molecule has 0 aromatic heterocycles. The Balaban J connectivity index is 1.53. The third-order valence-electron chi connectivity index (χ3n) is 6.96. The molecule has 2 aliphatic rings. The Labute approximate surface area is 228 Å². The number of fused-ring (bicyclic) bond motifs is 1. The van der Waals surface area contributed by atoms with E-state index in [1.165, 1.54) is 5.56 Å². The van der Waals surface area contributed by atoms with Gasteiger partial charge in [-0.05, 0) is 93.8 Å². The summed E-state index contributed by atoms with van der Waals surface area (Å²) < 4.78 is 11.1. The fourth-order valence-corrected chi connectivity index (χ4v) is 6.17. The minimum absolute atomic E-state index is 0.0161. The number of amides is 3. The quantitative estimate of drug-likeness (QED) is 0.421. The molecule has 0 saturated carbocycles. The largest absolute Gasteiger partial charge is 0.496 e. The number of thioether (sulfide) groups is 1. The van der Waals surface area contributed by atoms with Crippen molar-refractivity contribution in [2.45, 2.75) is 52.5 Å². The van der Waals surface area contributed by atoms with E-state index in [0.29, 0.717) is 29.7 Å². The number of rotatable bonds is 8. The van der Waals surface area contributed by atoms with Crippen LogP contribution in [0.15, 0.2) is 41.3 Å². The summed E-state index contributed by atoms with van der Waals surface area (Å²) in [6.07, 6.45) is 2.69. The van der Waals surface area contributed by atoms with E-state index in [0.717, 1.165) is 40.9 Å². The smallest absolute Gasteiger partial charge is 0.294 e. The standard InChI is InChI=1S/C29H35N3O5S/c1-7-32-23-15-24(36-6)19(13-22(23)18(3)16-29(32,4)5)14-25-27(34)31(28(35)38-25)17-26(33)30-20-9-11-21(12-10-20)37-8-2/h9-15,18H,7-8,16-17H2,1-6H3,(H,30,33)/b25-14+. The van der Waals surface area contributed by atoms with Crippen LogP contribution in [0.2, 0.25) is 0 Å². The first-order valence-corrected chi connectivity index (χ1v) is 13.7. The van der Waals surface area contributed by atoms with Gasteiger partial charge in [0.25, 0.3) is 11.1 Å². The molecule has 202 valence electrons. The molecule has 2 aromatic carbocycles. The maximum atomic E-state index is 13.1. The Kier molecular flexibility index (Phi) is 8.06. The zero-order valence-electron chi connectivity index (χ0n) is 22.8. The molecule has 8 nitrogen and oxygen atoms in total. The van der Waals surface area contributed by atoms with Gasteiger partial charge < -0.3 is 19.7 Å². The summed E-state index contributed by atoms with van der Waals surface area (Å²) in [5.41, 5.74) is 3.62. The van der Waals surface area contributed by atoms with Crippen molar-refractivity contribution in [1.82, 2.24) is 4.90 Å². The number of hydrogen-bond acceptors (Lipinski definition) is 7. The van der Waals surface area contributed by atoms with Gasteiger partial charge in [0, 0.05) is 35.1 Å². The molecule has 2 aromatic rings. The Morgan fingerprint density at radius 3 is 2.53 bits per heavy atom. The molecule has 0 aliphatic carbocycles. The normalized spacial score (nSPS) is 19.5. The van der Waals surface area contributed by atoms with Crippen LogP contribution in [0.5, 0.6) is 11.5 Å². The number of methoxy groups -OCH3 is 1. The summed E-state index contributed by atoms with van der Waals surface area (Å²) in [7, 11) is 1.60. The van der Waals surface area contributed by atoms with Gasteiger partial charge in [-0.3, -0.25) is 19.3 Å². The molecule has 1 unspecified atom stereocenters. The predicted molar refractivity (Wildman–Crippen MR) is 152 cm³/mol. The van der Waals surface area contributed by atoms with Crippen molar-refractivity contribution in [3.63, 3.8) is 0 Å². The summed E-state index contributed by atoms with van der Waals surface area (Å²) in [5.74, 6) is 0.695. The van der Waals surface area contributed by atoms with Crippen LogP contribution in [-0.4, -0.2) is 54.3 Å². The maximum Gasteiger partial charge on any atom is 0.294 e. The lowest BCUT2D eigenvalue weighted by Gasteiger charge is -2.47. The topological polar surface area (TPSA) is 88.2 Å². The van der Waals surface area contributed by atoms with Crippen LogP contribution in [-0.2, 0) is 9.59 Å². The Morgan fingerprint density at radius 1 is 1.18 bits per heavy atom. The second-order valence-corrected chi connectivity index (χ2v) is 11.1. The highest BCUT2D eigenvalue weighted by Crippen LogP contribution is 2.46. The van der Waals surface area contributed by atoms with Gasteiger partial charge in [0.1, 0.15) is 18.0 Å². The molecule has 2 aliphatic heterocycles. The second-order valence-electron chi connectivity index (χ2n) is 10.1. The van der Waals surface area contributed by atoms with Crippen LogP contribution >= 0.6 is 11.8 Å². The molecule has 0 radical (unpaired) electrons. The van der Waals surface area contributed by atoms with Crippen LogP contribution < -0.4 is 19.7 Å². The summed E-state index contributed by atoms with van der Waals surface area (Å²) >= 11 is 0.831. The molecule has 0 spiro atoms. The lowest BCUT2D eigenvalue weighted by Crippen LogP contribution is -2.48.